The molecule has 3 aromatic rings. The number of carbonyl (C=O) groups is 1. The normalized spacial score (nSPS) is 11.2. The van der Waals surface area contributed by atoms with E-state index in [1.165, 1.54) is 6.07 Å². The third-order valence-corrected chi connectivity index (χ3v) is 6.25. The number of benzene rings is 3. The lowest BCUT2D eigenvalue weighted by atomic mass is 10.1. The topological polar surface area (TPSA) is 75.3 Å². The SMILES string of the molecule is Cc1cccc(NS(=O)(=O)c2cc(C(=O)Nc3c(C)cccc3C)ccc2C)c1. The summed E-state index contributed by atoms with van der Waals surface area (Å²) < 4.78 is 28.5. The Kier molecular flexibility index (Phi) is 5.75. The highest BCUT2D eigenvalue weighted by Gasteiger charge is 2.20. The predicted octanol–water partition coefficient (Wildman–Crippen LogP) is 4.97. The number of carbonyl (C=O) groups excluding carboxylic acids is 1. The van der Waals surface area contributed by atoms with Gasteiger partial charge in [0.25, 0.3) is 15.9 Å². The number of anilines is 2. The first-order valence-corrected chi connectivity index (χ1v) is 10.7. The van der Waals surface area contributed by atoms with Crippen LogP contribution in [0.1, 0.15) is 32.6 Å². The molecule has 6 heteroatoms. The molecule has 2 N–H and O–H groups in total. The van der Waals surface area contributed by atoms with Gasteiger partial charge < -0.3 is 5.32 Å². The van der Waals surface area contributed by atoms with Gasteiger partial charge in [0.05, 0.1) is 4.90 Å². The average Bonchev–Trinajstić information content (AvgIpc) is 2.64. The molecule has 3 aromatic carbocycles. The molecule has 5 nitrogen and oxygen atoms in total. The highest BCUT2D eigenvalue weighted by Crippen LogP contribution is 2.24. The van der Waals surface area contributed by atoms with Gasteiger partial charge >= 0.3 is 0 Å². The number of hydrogen-bond donors (Lipinski definition) is 2. The third-order valence-electron chi connectivity index (χ3n) is 4.73. The van der Waals surface area contributed by atoms with Gasteiger partial charge in [-0.3, -0.25) is 9.52 Å². The Balaban J connectivity index is 1.92. The van der Waals surface area contributed by atoms with Crippen LogP contribution in [0.2, 0.25) is 0 Å². The molecule has 0 aliphatic heterocycles. The summed E-state index contributed by atoms with van der Waals surface area (Å²) in [6.07, 6.45) is 0. The van der Waals surface area contributed by atoms with E-state index in [2.05, 4.69) is 10.0 Å². The van der Waals surface area contributed by atoms with E-state index in [0.717, 1.165) is 22.4 Å². The van der Waals surface area contributed by atoms with E-state index in [9.17, 15) is 13.2 Å². The van der Waals surface area contributed by atoms with Crippen molar-refractivity contribution in [3.63, 3.8) is 0 Å². The van der Waals surface area contributed by atoms with E-state index in [0.29, 0.717) is 11.3 Å². The fourth-order valence-corrected chi connectivity index (χ4v) is 4.47. The molecule has 0 aromatic heterocycles. The van der Waals surface area contributed by atoms with Crippen molar-refractivity contribution in [2.45, 2.75) is 32.6 Å². The van der Waals surface area contributed by atoms with Gasteiger partial charge in [0.2, 0.25) is 0 Å². The summed E-state index contributed by atoms with van der Waals surface area (Å²) >= 11 is 0. The number of amides is 1. The summed E-state index contributed by atoms with van der Waals surface area (Å²) in [5, 5.41) is 2.90. The number of hydrogen-bond acceptors (Lipinski definition) is 3. The number of rotatable bonds is 5. The van der Waals surface area contributed by atoms with Gasteiger partial charge in [0, 0.05) is 16.9 Å². The quantitative estimate of drug-likeness (QED) is 0.626. The molecule has 0 bridgehead atoms. The fraction of sp³-hybridized carbons (Fsp3) is 0.174. The average molecular weight is 409 g/mol. The van der Waals surface area contributed by atoms with E-state index >= 15 is 0 Å². The van der Waals surface area contributed by atoms with Crippen LogP contribution in [0.4, 0.5) is 11.4 Å². The van der Waals surface area contributed by atoms with Crippen molar-refractivity contribution in [2.75, 3.05) is 10.0 Å². The van der Waals surface area contributed by atoms with Crippen molar-refractivity contribution in [3.8, 4) is 0 Å². The van der Waals surface area contributed by atoms with Crippen LogP contribution in [0.3, 0.4) is 0 Å². The second-order valence-electron chi connectivity index (χ2n) is 7.18. The first-order chi connectivity index (χ1) is 13.7. The van der Waals surface area contributed by atoms with E-state index < -0.39 is 10.0 Å². The Labute approximate surface area is 171 Å². The Morgan fingerprint density at radius 2 is 1.45 bits per heavy atom. The van der Waals surface area contributed by atoms with Crippen molar-refractivity contribution in [2.24, 2.45) is 0 Å². The molecule has 1 amide bonds. The summed E-state index contributed by atoms with van der Waals surface area (Å²) in [6, 6.07) is 17.6. The van der Waals surface area contributed by atoms with Crippen LogP contribution in [0.15, 0.2) is 65.6 Å². The molecular formula is C23H24N2O3S. The lowest BCUT2D eigenvalue weighted by Crippen LogP contribution is -2.17. The highest BCUT2D eigenvalue weighted by molar-refractivity contribution is 7.92. The maximum atomic E-state index is 12.9. The van der Waals surface area contributed by atoms with Gasteiger partial charge in [-0.15, -0.1) is 0 Å². The smallest absolute Gasteiger partial charge is 0.262 e. The van der Waals surface area contributed by atoms with Gasteiger partial charge in [0.1, 0.15) is 0 Å². The molecule has 3 rings (SSSR count). The van der Waals surface area contributed by atoms with Gasteiger partial charge in [-0.05, 0) is 74.2 Å². The Morgan fingerprint density at radius 1 is 0.793 bits per heavy atom. The van der Waals surface area contributed by atoms with E-state index in [1.807, 2.05) is 45.0 Å². The number of para-hydroxylation sites is 1. The van der Waals surface area contributed by atoms with Crippen LogP contribution in [0, 0.1) is 27.7 Å². The molecule has 0 radical (unpaired) electrons. The summed E-state index contributed by atoms with van der Waals surface area (Å²) in [4.78, 5) is 12.9. The predicted molar refractivity (Wildman–Crippen MR) is 117 cm³/mol. The summed E-state index contributed by atoms with van der Waals surface area (Å²) in [6.45, 7) is 7.43. The first-order valence-electron chi connectivity index (χ1n) is 9.25. The molecule has 150 valence electrons. The monoisotopic (exact) mass is 408 g/mol. The lowest BCUT2D eigenvalue weighted by molar-refractivity contribution is 0.102. The standard InChI is InChI=1S/C23H24N2O3S/c1-15-7-5-10-20(13-15)25-29(27,28)21-14-19(12-11-16(21)2)23(26)24-22-17(3)8-6-9-18(22)4/h5-14,25H,1-4H3,(H,24,26). The molecule has 0 heterocycles. The minimum absolute atomic E-state index is 0.0770. The van der Waals surface area contributed by atoms with Gasteiger partial charge in [-0.1, -0.05) is 36.4 Å². The number of sulfonamides is 1. The van der Waals surface area contributed by atoms with E-state index in [-0.39, 0.29) is 16.4 Å². The van der Waals surface area contributed by atoms with Crippen LogP contribution in [0.5, 0.6) is 0 Å². The largest absolute Gasteiger partial charge is 0.322 e. The van der Waals surface area contributed by atoms with Crippen LogP contribution < -0.4 is 10.0 Å². The second kappa shape index (κ2) is 8.09. The summed E-state index contributed by atoms with van der Waals surface area (Å²) in [5.74, 6) is -0.352. The summed E-state index contributed by atoms with van der Waals surface area (Å²) in [7, 11) is -3.84. The van der Waals surface area contributed by atoms with Crippen LogP contribution in [0.25, 0.3) is 0 Å². The lowest BCUT2D eigenvalue weighted by Gasteiger charge is -2.14. The number of nitrogens with one attached hydrogen (secondary N) is 2. The minimum Gasteiger partial charge on any atom is -0.322 e. The molecule has 0 atom stereocenters. The van der Waals surface area contributed by atoms with Crippen LogP contribution >= 0.6 is 0 Å². The van der Waals surface area contributed by atoms with Gasteiger partial charge in [-0.25, -0.2) is 8.42 Å². The molecule has 29 heavy (non-hydrogen) atoms. The van der Waals surface area contributed by atoms with Crippen molar-refractivity contribution in [1.29, 1.82) is 0 Å². The molecule has 0 aliphatic rings. The second-order valence-corrected chi connectivity index (χ2v) is 8.83. The maximum Gasteiger partial charge on any atom is 0.262 e. The molecule has 0 fully saturated rings. The molecule has 0 unspecified atom stereocenters. The van der Waals surface area contributed by atoms with E-state index in [4.69, 9.17) is 0 Å². The van der Waals surface area contributed by atoms with Crippen LogP contribution in [-0.2, 0) is 10.0 Å². The molecular weight excluding hydrogens is 384 g/mol. The first kappa shape index (κ1) is 20.6. The zero-order valence-electron chi connectivity index (χ0n) is 16.9. The Bertz CT molecular complexity index is 1160. The van der Waals surface area contributed by atoms with Crippen molar-refractivity contribution in [1.82, 2.24) is 0 Å². The zero-order chi connectivity index (χ0) is 21.2. The number of aryl methyl sites for hydroxylation is 4. The van der Waals surface area contributed by atoms with Crippen molar-refractivity contribution < 1.29 is 13.2 Å². The maximum absolute atomic E-state index is 12.9. The van der Waals surface area contributed by atoms with E-state index in [1.54, 1.807) is 37.3 Å². The molecule has 0 saturated carbocycles. The zero-order valence-corrected chi connectivity index (χ0v) is 17.7. The van der Waals surface area contributed by atoms with Crippen molar-refractivity contribution >= 4 is 27.3 Å². The molecule has 0 spiro atoms. The van der Waals surface area contributed by atoms with Gasteiger partial charge in [-0.2, -0.15) is 0 Å². The minimum atomic E-state index is -3.84. The Morgan fingerprint density at radius 3 is 2.10 bits per heavy atom. The Hall–Kier alpha value is -3.12. The van der Waals surface area contributed by atoms with Crippen molar-refractivity contribution in [3.05, 3.63) is 88.5 Å². The summed E-state index contributed by atoms with van der Waals surface area (Å²) in [5.41, 5.74) is 4.90. The molecule has 0 saturated heterocycles. The van der Waals surface area contributed by atoms with Crippen LogP contribution in [-0.4, -0.2) is 14.3 Å². The fourth-order valence-electron chi connectivity index (χ4n) is 3.15. The molecule has 0 aliphatic carbocycles. The third kappa shape index (κ3) is 4.66. The highest BCUT2D eigenvalue weighted by atomic mass is 32.2. The van der Waals surface area contributed by atoms with Gasteiger partial charge in [0.15, 0.2) is 0 Å².